The molecule has 2 heterocycles. The van der Waals surface area contributed by atoms with Crippen molar-refractivity contribution < 1.29 is 0 Å². The maximum Gasteiger partial charge on any atom is 0.225 e. The van der Waals surface area contributed by atoms with Crippen LogP contribution in [0.5, 0.6) is 0 Å². The molecule has 1 unspecified atom stereocenters. The predicted octanol–water partition coefficient (Wildman–Crippen LogP) is 2.69. The van der Waals surface area contributed by atoms with Gasteiger partial charge in [0.25, 0.3) is 0 Å². The molecule has 1 atom stereocenters. The molecule has 1 aromatic heterocycles. The van der Waals surface area contributed by atoms with Crippen LogP contribution >= 0.6 is 27.5 Å². The summed E-state index contributed by atoms with van der Waals surface area (Å²) < 4.78 is 0.895. The standard InChI is InChI=1S/C10H13BrClN3/c1-10(2)6-15(5-8(10)12)9-13-3-7(11)4-14-9/h3-4,8H,5-6H2,1-2H3. The zero-order valence-electron chi connectivity index (χ0n) is 8.74. The van der Waals surface area contributed by atoms with Crippen molar-refractivity contribution in [1.29, 1.82) is 0 Å². The summed E-state index contributed by atoms with van der Waals surface area (Å²) in [5.41, 5.74) is 0.123. The van der Waals surface area contributed by atoms with Gasteiger partial charge in [-0.2, -0.15) is 0 Å². The molecule has 0 aliphatic carbocycles. The molecule has 0 aromatic carbocycles. The molecule has 0 amide bonds. The maximum absolute atomic E-state index is 6.27. The zero-order valence-corrected chi connectivity index (χ0v) is 11.1. The van der Waals surface area contributed by atoms with Crippen LogP contribution in [-0.2, 0) is 0 Å². The van der Waals surface area contributed by atoms with Gasteiger partial charge in [-0.05, 0) is 15.9 Å². The number of nitrogens with zero attached hydrogens (tertiary/aromatic N) is 3. The van der Waals surface area contributed by atoms with Gasteiger partial charge < -0.3 is 4.90 Å². The average molecular weight is 291 g/mol. The van der Waals surface area contributed by atoms with E-state index in [1.165, 1.54) is 0 Å². The molecule has 1 aliphatic rings. The molecule has 0 bridgehead atoms. The average Bonchev–Trinajstić information content (AvgIpc) is 2.42. The first-order valence-corrected chi connectivity index (χ1v) is 6.08. The minimum atomic E-state index is 0.123. The summed E-state index contributed by atoms with van der Waals surface area (Å²) in [6.07, 6.45) is 3.52. The Bertz CT molecular complexity index is 352. The summed E-state index contributed by atoms with van der Waals surface area (Å²) in [5.74, 6) is 0.759. The Kier molecular flexibility index (Phi) is 2.90. The predicted molar refractivity (Wildman–Crippen MR) is 65.4 cm³/mol. The van der Waals surface area contributed by atoms with E-state index in [1.807, 2.05) is 0 Å². The lowest BCUT2D eigenvalue weighted by molar-refractivity contribution is 0.424. The second-order valence-electron chi connectivity index (χ2n) is 4.54. The highest BCUT2D eigenvalue weighted by atomic mass is 79.9. The van der Waals surface area contributed by atoms with Gasteiger partial charge in [0.15, 0.2) is 0 Å². The number of rotatable bonds is 1. The van der Waals surface area contributed by atoms with E-state index in [2.05, 4.69) is 44.6 Å². The fourth-order valence-electron chi connectivity index (χ4n) is 1.72. The van der Waals surface area contributed by atoms with Gasteiger partial charge in [-0.25, -0.2) is 9.97 Å². The Balaban J connectivity index is 2.17. The molecule has 0 radical (unpaired) electrons. The van der Waals surface area contributed by atoms with Gasteiger partial charge in [-0.15, -0.1) is 11.6 Å². The summed E-state index contributed by atoms with van der Waals surface area (Å²) in [5, 5.41) is 0.157. The molecule has 3 nitrogen and oxygen atoms in total. The summed E-state index contributed by atoms with van der Waals surface area (Å²) in [4.78, 5) is 10.7. The van der Waals surface area contributed by atoms with Crippen molar-refractivity contribution in [1.82, 2.24) is 9.97 Å². The van der Waals surface area contributed by atoms with Crippen LogP contribution in [0.4, 0.5) is 5.95 Å². The van der Waals surface area contributed by atoms with E-state index < -0.39 is 0 Å². The fraction of sp³-hybridized carbons (Fsp3) is 0.600. The number of hydrogen-bond donors (Lipinski definition) is 0. The number of halogens is 2. The third-order valence-electron chi connectivity index (χ3n) is 2.72. The number of hydrogen-bond acceptors (Lipinski definition) is 3. The minimum Gasteiger partial charge on any atom is -0.339 e. The molecule has 1 aromatic rings. The van der Waals surface area contributed by atoms with Crippen LogP contribution in [0.15, 0.2) is 16.9 Å². The Labute approximate surface area is 103 Å². The molecule has 0 saturated carbocycles. The van der Waals surface area contributed by atoms with E-state index >= 15 is 0 Å². The van der Waals surface area contributed by atoms with E-state index in [1.54, 1.807) is 12.4 Å². The van der Waals surface area contributed by atoms with E-state index in [0.29, 0.717) is 0 Å². The van der Waals surface area contributed by atoms with Crippen molar-refractivity contribution in [3.05, 3.63) is 16.9 Å². The lowest BCUT2D eigenvalue weighted by atomic mass is 9.93. The van der Waals surface area contributed by atoms with Crippen LogP contribution < -0.4 is 4.90 Å². The van der Waals surface area contributed by atoms with E-state index in [9.17, 15) is 0 Å². The van der Waals surface area contributed by atoms with Crippen LogP contribution in [0, 0.1) is 5.41 Å². The Morgan fingerprint density at radius 1 is 1.47 bits per heavy atom. The van der Waals surface area contributed by atoms with Crippen molar-refractivity contribution in [2.24, 2.45) is 5.41 Å². The van der Waals surface area contributed by atoms with Gasteiger partial charge in [-0.3, -0.25) is 0 Å². The molecule has 0 N–H and O–H groups in total. The van der Waals surface area contributed by atoms with Crippen molar-refractivity contribution in [3.8, 4) is 0 Å². The number of aromatic nitrogens is 2. The Morgan fingerprint density at radius 2 is 2.07 bits per heavy atom. The van der Waals surface area contributed by atoms with Crippen LogP contribution in [0.2, 0.25) is 0 Å². The number of alkyl halides is 1. The van der Waals surface area contributed by atoms with Crippen molar-refractivity contribution >= 4 is 33.5 Å². The highest BCUT2D eigenvalue weighted by Crippen LogP contribution is 2.34. The highest BCUT2D eigenvalue weighted by molar-refractivity contribution is 9.10. The van der Waals surface area contributed by atoms with Gasteiger partial charge in [0.1, 0.15) is 0 Å². The van der Waals surface area contributed by atoms with Crippen molar-refractivity contribution in [2.45, 2.75) is 19.2 Å². The monoisotopic (exact) mass is 289 g/mol. The zero-order chi connectivity index (χ0) is 11.1. The highest BCUT2D eigenvalue weighted by Gasteiger charge is 2.38. The molecule has 2 rings (SSSR count). The first kappa shape index (κ1) is 11.1. The lowest BCUT2D eigenvalue weighted by Gasteiger charge is -2.20. The maximum atomic E-state index is 6.27. The fourth-order valence-corrected chi connectivity index (χ4v) is 2.16. The number of anilines is 1. The van der Waals surface area contributed by atoms with E-state index in [-0.39, 0.29) is 10.8 Å². The molecule has 1 saturated heterocycles. The molecule has 5 heteroatoms. The Morgan fingerprint density at radius 3 is 2.53 bits per heavy atom. The largest absolute Gasteiger partial charge is 0.339 e. The van der Waals surface area contributed by atoms with Crippen LogP contribution in [0.3, 0.4) is 0 Å². The minimum absolute atomic E-state index is 0.123. The van der Waals surface area contributed by atoms with Crippen LogP contribution in [-0.4, -0.2) is 28.4 Å². The van der Waals surface area contributed by atoms with Crippen LogP contribution in [0.1, 0.15) is 13.8 Å². The SMILES string of the molecule is CC1(C)CN(c2ncc(Br)cn2)CC1Cl. The summed E-state index contributed by atoms with van der Waals surface area (Å²) in [6.45, 7) is 6.06. The second kappa shape index (κ2) is 3.91. The van der Waals surface area contributed by atoms with Crippen LogP contribution in [0.25, 0.3) is 0 Å². The molecular weight excluding hydrogens is 277 g/mol. The normalized spacial score (nSPS) is 24.5. The van der Waals surface area contributed by atoms with Gasteiger partial charge in [-0.1, -0.05) is 13.8 Å². The summed E-state index contributed by atoms with van der Waals surface area (Å²) >= 11 is 9.59. The van der Waals surface area contributed by atoms with Gasteiger partial charge in [0.2, 0.25) is 5.95 Å². The topological polar surface area (TPSA) is 29.0 Å². The first-order valence-electron chi connectivity index (χ1n) is 4.85. The molecule has 15 heavy (non-hydrogen) atoms. The van der Waals surface area contributed by atoms with Gasteiger partial charge in [0.05, 0.1) is 9.85 Å². The van der Waals surface area contributed by atoms with Crippen molar-refractivity contribution in [2.75, 3.05) is 18.0 Å². The smallest absolute Gasteiger partial charge is 0.225 e. The second-order valence-corrected chi connectivity index (χ2v) is 5.98. The molecule has 1 aliphatic heterocycles. The Hall–Kier alpha value is -0.350. The van der Waals surface area contributed by atoms with Gasteiger partial charge in [0, 0.05) is 30.9 Å². The van der Waals surface area contributed by atoms with E-state index in [4.69, 9.17) is 11.6 Å². The lowest BCUT2D eigenvalue weighted by Crippen LogP contribution is -2.24. The quantitative estimate of drug-likeness (QED) is 0.745. The van der Waals surface area contributed by atoms with E-state index in [0.717, 1.165) is 23.5 Å². The first-order chi connectivity index (χ1) is 6.99. The molecule has 82 valence electrons. The third-order valence-corrected chi connectivity index (χ3v) is 3.85. The summed E-state index contributed by atoms with van der Waals surface area (Å²) in [7, 11) is 0. The molecule has 1 fully saturated rings. The van der Waals surface area contributed by atoms with Gasteiger partial charge >= 0.3 is 0 Å². The molecular formula is C10H13BrClN3. The molecule has 0 spiro atoms. The third kappa shape index (κ3) is 2.26. The van der Waals surface area contributed by atoms with Crippen molar-refractivity contribution in [3.63, 3.8) is 0 Å². The summed E-state index contributed by atoms with van der Waals surface area (Å²) in [6, 6.07) is 0.